The quantitative estimate of drug-likeness (QED) is 0.295. The Morgan fingerprint density at radius 1 is 1.15 bits per heavy atom. The standard InChI is InChI=1S/C16H14N6O3S/c17-21-15(11-6-2-1-3-7-11)19-20-16(21)26-10-14(23)18-12-8-4-5-9-13(12)22(24)25/h1-9H,10,17H2,(H,18,23). The fourth-order valence-corrected chi connectivity index (χ4v) is 2.87. The average molecular weight is 370 g/mol. The molecule has 10 heteroatoms. The molecule has 3 rings (SSSR count). The Kier molecular flexibility index (Phi) is 5.13. The number of para-hydroxylation sites is 2. The first-order chi connectivity index (χ1) is 12.6. The van der Waals surface area contributed by atoms with Gasteiger partial charge in [0.2, 0.25) is 11.1 Å². The summed E-state index contributed by atoms with van der Waals surface area (Å²) in [5, 5.41) is 21.9. The van der Waals surface area contributed by atoms with Crippen LogP contribution in [0, 0.1) is 10.1 Å². The topological polar surface area (TPSA) is 129 Å². The molecule has 0 unspecified atom stereocenters. The van der Waals surface area contributed by atoms with Gasteiger partial charge >= 0.3 is 0 Å². The van der Waals surface area contributed by atoms with Crippen molar-refractivity contribution in [2.75, 3.05) is 16.9 Å². The SMILES string of the molecule is Nn1c(SCC(=O)Nc2ccccc2[N+](=O)[O-])nnc1-c1ccccc1. The van der Waals surface area contributed by atoms with Gasteiger partial charge in [-0.25, -0.2) is 4.68 Å². The summed E-state index contributed by atoms with van der Waals surface area (Å²) in [6.07, 6.45) is 0. The molecule has 1 amide bonds. The summed E-state index contributed by atoms with van der Waals surface area (Å²) in [6, 6.07) is 15.2. The van der Waals surface area contributed by atoms with E-state index in [1.165, 1.54) is 22.9 Å². The number of nitrogens with two attached hydrogens (primary N) is 1. The van der Waals surface area contributed by atoms with Crippen LogP contribution in [0.2, 0.25) is 0 Å². The molecule has 3 aromatic rings. The summed E-state index contributed by atoms with van der Waals surface area (Å²) >= 11 is 1.09. The molecule has 0 saturated heterocycles. The van der Waals surface area contributed by atoms with Crippen molar-refractivity contribution in [1.82, 2.24) is 14.9 Å². The molecule has 0 aliphatic carbocycles. The average Bonchev–Trinajstić information content (AvgIpc) is 3.01. The number of carbonyl (C=O) groups excluding carboxylic acids is 1. The third-order valence-corrected chi connectivity index (χ3v) is 4.35. The number of nitro benzene ring substituents is 1. The second kappa shape index (κ2) is 7.66. The number of carbonyl (C=O) groups is 1. The number of aromatic nitrogens is 3. The van der Waals surface area contributed by atoms with Crippen LogP contribution in [0.5, 0.6) is 0 Å². The Balaban J connectivity index is 1.66. The number of nitro groups is 1. The van der Waals surface area contributed by atoms with Gasteiger partial charge in [0.25, 0.3) is 5.69 Å². The third-order valence-electron chi connectivity index (χ3n) is 3.40. The van der Waals surface area contributed by atoms with Gasteiger partial charge in [-0.3, -0.25) is 14.9 Å². The van der Waals surface area contributed by atoms with E-state index >= 15 is 0 Å². The Morgan fingerprint density at radius 2 is 1.85 bits per heavy atom. The molecule has 0 aliphatic rings. The van der Waals surface area contributed by atoms with E-state index in [4.69, 9.17) is 5.84 Å². The van der Waals surface area contributed by atoms with Crippen molar-refractivity contribution in [3.63, 3.8) is 0 Å². The number of nitrogens with one attached hydrogen (secondary N) is 1. The maximum absolute atomic E-state index is 12.1. The summed E-state index contributed by atoms with van der Waals surface area (Å²) < 4.78 is 1.30. The maximum atomic E-state index is 12.1. The summed E-state index contributed by atoms with van der Waals surface area (Å²) in [7, 11) is 0. The number of hydrogen-bond donors (Lipinski definition) is 2. The molecule has 26 heavy (non-hydrogen) atoms. The van der Waals surface area contributed by atoms with E-state index in [1.807, 2.05) is 30.3 Å². The van der Waals surface area contributed by atoms with Crippen LogP contribution < -0.4 is 11.2 Å². The lowest BCUT2D eigenvalue weighted by Crippen LogP contribution is -2.17. The molecule has 0 radical (unpaired) electrons. The van der Waals surface area contributed by atoms with Crippen LogP contribution in [0.4, 0.5) is 11.4 Å². The first-order valence-corrected chi connectivity index (χ1v) is 8.47. The molecule has 1 heterocycles. The minimum Gasteiger partial charge on any atom is -0.335 e. The molecule has 0 bridgehead atoms. The number of anilines is 1. The molecule has 9 nitrogen and oxygen atoms in total. The summed E-state index contributed by atoms with van der Waals surface area (Å²) in [4.78, 5) is 22.5. The van der Waals surface area contributed by atoms with Crippen LogP contribution in [0.1, 0.15) is 0 Å². The van der Waals surface area contributed by atoms with E-state index in [0.717, 1.165) is 17.3 Å². The lowest BCUT2D eigenvalue weighted by Gasteiger charge is -2.06. The number of nitrogen functional groups attached to an aromatic ring is 1. The van der Waals surface area contributed by atoms with Gasteiger partial charge in [0.1, 0.15) is 5.69 Å². The maximum Gasteiger partial charge on any atom is 0.292 e. The number of amides is 1. The predicted molar refractivity (Wildman–Crippen MR) is 98.1 cm³/mol. The van der Waals surface area contributed by atoms with E-state index in [0.29, 0.717) is 11.0 Å². The Bertz CT molecular complexity index is 944. The molecule has 0 saturated carbocycles. The molecule has 1 aromatic heterocycles. The highest BCUT2D eigenvalue weighted by molar-refractivity contribution is 7.99. The molecule has 0 fully saturated rings. The third kappa shape index (κ3) is 3.81. The molecule has 0 atom stereocenters. The minimum absolute atomic E-state index is 0.0177. The van der Waals surface area contributed by atoms with Crippen molar-refractivity contribution in [3.05, 3.63) is 64.7 Å². The fraction of sp³-hybridized carbons (Fsp3) is 0.0625. The number of hydrogen-bond acceptors (Lipinski definition) is 7. The molecular formula is C16H14N6O3S. The zero-order valence-electron chi connectivity index (χ0n) is 13.4. The van der Waals surface area contributed by atoms with E-state index < -0.39 is 10.8 Å². The lowest BCUT2D eigenvalue weighted by atomic mass is 10.2. The van der Waals surface area contributed by atoms with Crippen molar-refractivity contribution >= 4 is 29.0 Å². The largest absolute Gasteiger partial charge is 0.335 e. The van der Waals surface area contributed by atoms with Crippen LogP contribution in [0.25, 0.3) is 11.4 Å². The number of nitrogens with zero attached hydrogens (tertiary/aromatic N) is 4. The van der Waals surface area contributed by atoms with E-state index in [-0.39, 0.29) is 17.1 Å². The van der Waals surface area contributed by atoms with Gasteiger partial charge in [0.05, 0.1) is 10.7 Å². The smallest absolute Gasteiger partial charge is 0.292 e. The van der Waals surface area contributed by atoms with Crippen molar-refractivity contribution in [2.24, 2.45) is 0 Å². The van der Waals surface area contributed by atoms with Gasteiger partial charge in [-0.1, -0.05) is 54.2 Å². The first kappa shape index (κ1) is 17.4. The number of thioether (sulfide) groups is 1. The van der Waals surface area contributed by atoms with Crippen LogP contribution in [0.15, 0.2) is 59.8 Å². The highest BCUT2D eigenvalue weighted by atomic mass is 32.2. The molecule has 132 valence electrons. The molecular weight excluding hydrogens is 356 g/mol. The molecule has 0 spiro atoms. The Labute approximate surface area is 152 Å². The van der Waals surface area contributed by atoms with Gasteiger partial charge < -0.3 is 11.2 Å². The number of rotatable bonds is 6. The normalized spacial score (nSPS) is 10.5. The van der Waals surface area contributed by atoms with Gasteiger partial charge in [-0.2, -0.15) is 0 Å². The second-order valence-corrected chi connectivity index (χ2v) is 6.10. The van der Waals surface area contributed by atoms with E-state index in [2.05, 4.69) is 15.5 Å². The van der Waals surface area contributed by atoms with Gasteiger partial charge in [0, 0.05) is 11.6 Å². The zero-order chi connectivity index (χ0) is 18.5. The molecule has 0 aliphatic heterocycles. The highest BCUT2D eigenvalue weighted by Crippen LogP contribution is 2.24. The van der Waals surface area contributed by atoms with Gasteiger partial charge in [0.15, 0.2) is 5.82 Å². The fourth-order valence-electron chi connectivity index (χ4n) is 2.21. The summed E-state index contributed by atoms with van der Waals surface area (Å²) in [6.45, 7) is 0. The highest BCUT2D eigenvalue weighted by Gasteiger charge is 2.17. The Morgan fingerprint density at radius 3 is 2.58 bits per heavy atom. The Hall–Kier alpha value is -3.40. The van der Waals surface area contributed by atoms with Gasteiger partial charge in [-0.05, 0) is 6.07 Å². The lowest BCUT2D eigenvalue weighted by molar-refractivity contribution is -0.383. The van der Waals surface area contributed by atoms with Crippen LogP contribution in [-0.2, 0) is 4.79 Å². The monoisotopic (exact) mass is 370 g/mol. The van der Waals surface area contributed by atoms with Crippen LogP contribution in [-0.4, -0.2) is 31.5 Å². The van der Waals surface area contributed by atoms with Crippen molar-refractivity contribution in [1.29, 1.82) is 0 Å². The van der Waals surface area contributed by atoms with E-state index in [1.54, 1.807) is 6.07 Å². The minimum atomic E-state index is -0.550. The van der Waals surface area contributed by atoms with Crippen LogP contribution >= 0.6 is 11.8 Å². The predicted octanol–water partition coefficient (Wildman–Crippen LogP) is 2.30. The van der Waals surface area contributed by atoms with Crippen LogP contribution in [0.3, 0.4) is 0 Å². The van der Waals surface area contributed by atoms with Gasteiger partial charge in [-0.15, -0.1) is 10.2 Å². The molecule has 3 N–H and O–H groups in total. The van der Waals surface area contributed by atoms with Crippen molar-refractivity contribution in [3.8, 4) is 11.4 Å². The molecule has 2 aromatic carbocycles. The zero-order valence-corrected chi connectivity index (χ0v) is 14.2. The van der Waals surface area contributed by atoms with E-state index in [9.17, 15) is 14.9 Å². The first-order valence-electron chi connectivity index (χ1n) is 7.48. The second-order valence-electron chi connectivity index (χ2n) is 5.15. The number of benzene rings is 2. The summed E-state index contributed by atoms with van der Waals surface area (Å²) in [5.41, 5.74) is 0.778. The van der Waals surface area contributed by atoms with Crippen molar-refractivity contribution in [2.45, 2.75) is 5.16 Å². The summed E-state index contributed by atoms with van der Waals surface area (Å²) in [5.74, 6) is 6.04. The van der Waals surface area contributed by atoms with Crippen molar-refractivity contribution < 1.29 is 9.72 Å².